The third-order valence-electron chi connectivity index (χ3n) is 2.69. The summed E-state index contributed by atoms with van der Waals surface area (Å²) in [5.41, 5.74) is 0.293. The van der Waals surface area contributed by atoms with Crippen LogP contribution in [0.5, 0.6) is 0 Å². The number of nitrogens with one attached hydrogen (secondary N) is 1. The molecule has 0 saturated heterocycles. The molecule has 8 heteroatoms. The molecule has 0 aliphatic rings. The summed E-state index contributed by atoms with van der Waals surface area (Å²) in [5, 5.41) is 2.47. The molecule has 0 aromatic heterocycles. The van der Waals surface area contributed by atoms with Crippen LogP contribution in [0.25, 0.3) is 0 Å². The Kier molecular flexibility index (Phi) is 6.25. The Morgan fingerprint density at radius 2 is 1.95 bits per heavy atom. The first kappa shape index (κ1) is 17.5. The van der Waals surface area contributed by atoms with E-state index in [1.807, 2.05) is 19.0 Å². The zero-order valence-electron chi connectivity index (χ0n) is 12.3. The number of hydrogen-bond acceptors (Lipinski definition) is 4. The molecule has 0 atom stereocenters. The van der Waals surface area contributed by atoms with Crippen molar-refractivity contribution in [2.75, 3.05) is 45.3 Å². The molecule has 6 nitrogen and oxygen atoms in total. The van der Waals surface area contributed by atoms with Crippen molar-refractivity contribution in [1.82, 2.24) is 9.21 Å². The number of likely N-dealkylation sites (N-methyl/N-ethyl adjacent to an activating group) is 1. The van der Waals surface area contributed by atoms with Crippen molar-refractivity contribution in [2.45, 2.75) is 0 Å². The van der Waals surface area contributed by atoms with Gasteiger partial charge in [-0.15, -0.1) is 0 Å². The van der Waals surface area contributed by atoms with Crippen LogP contribution in [0, 0.1) is 5.82 Å². The fourth-order valence-electron chi connectivity index (χ4n) is 1.60. The molecule has 0 fully saturated rings. The normalized spacial score (nSPS) is 11.9. The second-order valence-electron chi connectivity index (χ2n) is 4.96. The Balaban J connectivity index is 2.68. The van der Waals surface area contributed by atoms with E-state index in [2.05, 4.69) is 5.32 Å². The van der Waals surface area contributed by atoms with Gasteiger partial charge in [0.1, 0.15) is 5.82 Å². The molecule has 1 N–H and O–H groups in total. The lowest BCUT2D eigenvalue weighted by Crippen LogP contribution is -2.41. The number of amides is 1. The van der Waals surface area contributed by atoms with Crippen molar-refractivity contribution in [3.63, 3.8) is 0 Å². The third kappa shape index (κ3) is 6.65. The number of carbonyl (C=O) groups excluding carboxylic acids is 1. The molecule has 1 amide bonds. The van der Waals surface area contributed by atoms with E-state index >= 15 is 0 Å². The van der Waals surface area contributed by atoms with E-state index in [9.17, 15) is 17.6 Å². The predicted octanol–water partition coefficient (Wildman–Crippen LogP) is 0.587. The van der Waals surface area contributed by atoms with Crippen LogP contribution in [0.3, 0.4) is 0 Å². The Labute approximate surface area is 124 Å². The minimum Gasteiger partial charge on any atom is -0.325 e. The van der Waals surface area contributed by atoms with Gasteiger partial charge in [0.05, 0.1) is 12.8 Å². The molecular weight excluding hydrogens is 297 g/mol. The number of anilines is 1. The number of carbonyl (C=O) groups is 1. The molecule has 0 radical (unpaired) electrons. The quantitative estimate of drug-likeness (QED) is 0.799. The van der Waals surface area contributed by atoms with Crippen molar-refractivity contribution in [1.29, 1.82) is 0 Å². The van der Waals surface area contributed by atoms with E-state index in [0.29, 0.717) is 12.2 Å². The van der Waals surface area contributed by atoms with Gasteiger partial charge in [0, 0.05) is 18.8 Å². The highest BCUT2D eigenvalue weighted by molar-refractivity contribution is 7.88. The predicted molar refractivity (Wildman–Crippen MR) is 80.0 cm³/mol. The molecule has 1 rings (SSSR count). The van der Waals surface area contributed by atoms with Crippen molar-refractivity contribution in [3.05, 3.63) is 30.1 Å². The number of nitrogens with zero attached hydrogens (tertiary/aromatic N) is 2. The van der Waals surface area contributed by atoms with Gasteiger partial charge in [0.25, 0.3) is 0 Å². The molecular formula is C13H20FN3O3S. The Morgan fingerprint density at radius 1 is 1.29 bits per heavy atom. The van der Waals surface area contributed by atoms with Gasteiger partial charge in [0.15, 0.2) is 0 Å². The lowest BCUT2D eigenvalue weighted by atomic mass is 10.3. The average Bonchev–Trinajstić information content (AvgIpc) is 2.32. The molecule has 21 heavy (non-hydrogen) atoms. The van der Waals surface area contributed by atoms with E-state index < -0.39 is 21.7 Å². The second kappa shape index (κ2) is 7.48. The SMILES string of the molecule is CN(C)CCN(CC(=O)Nc1cccc(F)c1)S(C)(=O)=O. The van der Waals surface area contributed by atoms with Crippen LogP contribution in [-0.4, -0.2) is 63.5 Å². The van der Waals surface area contributed by atoms with Gasteiger partial charge in [-0.25, -0.2) is 12.8 Å². The average molecular weight is 317 g/mol. The summed E-state index contributed by atoms with van der Waals surface area (Å²) in [5.74, 6) is -0.981. The van der Waals surface area contributed by atoms with E-state index in [-0.39, 0.29) is 13.1 Å². The first-order valence-electron chi connectivity index (χ1n) is 6.34. The van der Waals surface area contributed by atoms with Crippen LogP contribution in [0.2, 0.25) is 0 Å². The van der Waals surface area contributed by atoms with Crippen LogP contribution < -0.4 is 5.32 Å². The van der Waals surface area contributed by atoms with Crippen molar-refractivity contribution < 1.29 is 17.6 Å². The Morgan fingerprint density at radius 3 is 2.48 bits per heavy atom. The van der Waals surface area contributed by atoms with Crippen LogP contribution in [-0.2, 0) is 14.8 Å². The molecule has 118 valence electrons. The smallest absolute Gasteiger partial charge is 0.239 e. The van der Waals surface area contributed by atoms with Crippen molar-refractivity contribution in [3.8, 4) is 0 Å². The molecule has 1 aromatic rings. The monoisotopic (exact) mass is 317 g/mol. The molecule has 0 spiro atoms. The lowest BCUT2D eigenvalue weighted by molar-refractivity contribution is -0.116. The number of sulfonamides is 1. The summed E-state index contributed by atoms with van der Waals surface area (Å²) in [6.45, 7) is 0.409. The second-order valence-corrected chi connectivity index (χ2v) is 6.94. The molecule has 1 aromatic carbocycles. The number of hydrogen-bond donors (Lipinski definition) is 1. The Bertz CT molecular complexity index is 590. The maximum Gasteiger partial charge on any atom is 0.239 e. The topological polar surface area (TPSA) is 69.7 Å². The largest absolute Gasteiger partial charge is 0.325 e. The maximum atomic E-state index is 13.0. The van der Waals surface area contributed by atoms with Crippen LogP contribution in [0.15, 0.2) is 24.3 Å². The van der Waals surface area contributed by atoms with Gasteiger partial charge in [-0.1, -0.05) is 6.07 Å². The highest BCUT2D eigenvalue weighted by Crippen LogP contribution is 2.09. The minimum atomic E-state index is -3.48. The standard InChI is InChI=1S/C13H20FN3O3S/c1-16(2)7-8-17(21(3,19)20)10-13(18)15-12-6-4-5-11(14)9-12/h4-6,9H,7-8,10H2,1-3H3,(H,15,18). The fraction of sp³-hybridized carbons (Fsp3) is 0.462. The molecule has 0 saturated carbocycles. The molecule has 0 bridgehead atoms. The third-order valence-corrected chi connectivity index (χ3v) is 3.94. The van der Waals surface area contributed by atoms with Gasteiger partial charge in [-0.2, -0.15) is 4.31 Å². The number of rotatable bonds is 7. The van der Waals surface area contributed by atoms with E-state index in [4.69, 9.17) is 0 Å². The van der Waals surface area contributed by atoms with E-state index in [0.717, 1.165) is 10.6 Å². The fourth-order valence-corrected chi connectivity index (χ4v) is 2.37. The van der Waals surface area contributed by atoms with Crippen LogP contribution in [0.4, 0.5) is 10.1 Å². The van der Waals surface area contributed by atoms with Crippen molar-refractivity contribution in [2.24, 2.45) is 0 Å². The first-order chi connectivity index (χ1) is 9.68. The summed E-state index contributed by atoms with van der Waals surface area (Å²) in [6.07, 6.45) is 1.05. The van der Waals surface area contributed by atoms with Gasteiger partial charge in [0.2, 0.25) is 15.9 Å². The number of halogens is 1. The van der Waals surface area contributed by atoms with E-state index in [1.165, 1.54) is 24.3 Å². The summed E-state index contributed by atoms with van der Waals surface area (Å²) < 4.78 is 37.4. The summed E-state index contributed by atoms with van der Waals surface area (Å²) in [7, 11) is 0.141. The summed E-state index contributed by atoms with van der Waals surface area (Å²) in [6, 6.07) is 5.43. The molecule has 0 aliphatic carbocycles. The maximum absolute atomic E-state index is 13.0. The zero-order valence-corrected chi connectivity index (χ0v) is 13.2. The van der Waals surface area contributed by atoms with Gasteiger partial charge < -0.3 is 10.2 Å². The zero-order chi connectivity index (χ0) is 16.0. The highest BCUT2D eigenvalue weighted by atomic mass is 32.2. The first-order valence-corrected chi connectivity index (χ1v) is 8.18. The molecule has 0 aliphatic heterocycles. The van der Waals surface area contributed by atoms with Crippen LogP contribution >= 0.6 is 0 Å². The van der Waals surface area contributed by atoms with Gasteiger partial charge in [-0.3, -0.25) is 4.79 Å². The minimum absolute atomic E-state index is 0.211. The van der Waals surface area contributed by atoms with E-state index in [1.54, 1.807) is 0 Å². The van der Waals surface area contributed by atoms with Crippen molar-refractivity contribution >= 4 is 21.6 Å². The van der Waals surface area contributed by atoms with Crippen LogP contribution in [0.1, 0.15) is 0 Å². The molecule has 0 heterocycles. The molecule has 0 unspecified atom stereocenters. The lowest BCUT2D eigenvalue weighted by Gasteiger charge is -2.21. The summed E-state index contributed by atoms with van der Waals surface area (Å²) >= 11 is 0. The Hall–Kier alpha value is -1.51. The summed E-state index contributed by atoms with van der Waals surface area (Å²) in [4.78, 5) is 13.7. The number of benzene rings is 1. The van der Waals surface area contributed by atoms with Gasteiger partial charge in [-0.05, 0) is 32.3 Å². The van der Waals surface area contributed by atoms with Gasteiger partial charge >= 0.3 is 0 Å². The highest BCUT2D eigenvalue weighted by Gasteiger charge is 2.20.